The van der Waals surface area contributed by atoms with Crippen molar-refractivity contribution in [1.82, 2.24) is 14.4 Å². The number of para-hydroxylation sites is 2. The maximum Gasteiger partial charge on any atom is 2.00 e. The van der Waals surface area contributed by atoms with E-state index in [1.165, 1.54) is 36.5 Å². The van der Waals surface area contributed by atoms with Crippen LogP contribution < -0.4 is 46.4 Å². The van der Waals surface area contributed by atoms with Gasteiger partial charge in [-0.25, -0.2) is 4.98 Å². The van der Waals surface area contributed by atoms with E-state index in [0.29, 0.717) is 0 Å². The number of pyridine rings is 2. The van der Waals surface area contributed by atoms with Gasteiger partial charge in [0, 0.05) is 40.6 Å². The van der Waals surface area contributed by atoms with Crippen LogP contribution in [0.2, 0.25) is 0 Å². The molecule has 5 nitrogen and oxygen atoms in total. The molecule has 9 aromatic carbocycles. The number of nitrogens with zero attached hydrogens (tertiary/aromatic N) is 4. The van der Waals surface area contributed by atoms with E-state index in [4.69, 9.17) is 14.4 Å². The smallest absolute Gasteiger partial charge is 0.456 e. The molecule has 0 fully saturated rings. The molecule has 0 unspecified atom stereocenters. The summed E-state index contributed by atoms with van der Waals surface area (Å²) in [6, 6.07) is 90.0. The first-order valence-electron chi connectivity index (χ1n) is 23.4. The molecule has 4 aromatic heterocycles. The summed E-state index contributed by atoms with van der Waals surface area (Å²) in [7, 11) is -6.38. The maximum atomic E-state index is 6.78. The minimum absolute atomic E-state index is 0. The van der Waals surface area contributed by atoms with Crippen LogP contribution in [-0.2, 0) is 20.4 Å². The molecule has 0 radical (unpaired) electrons. The van der Waals surface area contributed by atoms with Crippen molar-refractivity contribution in [2.45, 2.75) is 0 Å². The Hall–Kier alpha value is -7.96. The Labute approximate surface area is 420 Å². The van der Waals surface area contributed by atoms with Crippen LogP contribution in [0.1, 0.15) is 0 Å². The Morgan fingerprint density at radius 3 is 1.86 bits per heavy atom. The van der Waals surface area contributed by atoms with Gasteiger partial charge in [0.05, 0.1) is 5.65 Å². The molecule has 0 N–H and O–H groups in total. The first kappa shape index (κ1) is 42.2. The summed E-state index contributed by atoms with van der Waals surface area (Å²) >= 11 is 0. The van der Waals surface area contributed by atoms with Gasteiger partial charge in [-0.1, -0.05) is 175 Å². The Balaban J connectivity index is 0.00000480. The molecular weight excluding hydrogens is 979 g/mol. The average molecular weight is 1020 g/mol. The van der Waals surface area contributed by atoms with Crippen molar-refractivity contribution in [2.24, 2.45) is 0 Å². The normalized spacial score (nSPS) is 13.1. The molecule has 0 bridgehead atoms. The number of hydrogen-bond acceptors (Lipinski definition) is 4. The molecule has 70 heavy (non-hydrogen) atoms. The van der Waals surface area contributed by atoms with Gasteiger partial charge in [-0.05, 0) is 66.8 Å². The van der Waals surface area contributed by atoms with Crippen molar-refractivity contribution in [1.29, 1.82) is 0 Å². The summed E-state index contributed by atoms with van der Waals surface area (Å²) < 4.78 is 8.98. The molecular formula is C62H40N4OPdSi2. The number of benzene rings is 9. The number of anilines is 3. The standard InChI is InChI=1S/C62H40N4OSi2.Pd/c1-5-20-44(21-6-1)68(45-22-7-2-8-23-45,49-34-35-50-51-29-13-15-31-54(51)65-40-39-64-61(65)53(50)42-49)48-28-17-19-43(41-48)66-55-36-37-57-59(52-30-14-16-32-56(52)67-57)60(55)69(46-24-9-3-10-25-46,47-26-11-4-12-27-47)58-33-18-38-63-62(58)66;/h1-40H;/q-2;+2. The van der Waals surface area contributed by atoms with Crippen LogP contribution in [0.3, 0.4) is 0 Å². The molecule has 0 saturated carbocycles. The van der Waals surface area contributed by atoms with Gasteiger partial charge in [-0.15, -0.1) is 34.8 Å². The fraction of sp³-hybridized carbons (Fsp3) is 0. The van der Waals surface area contributed by atoms with Gasteiger partial charge in [-0.3, -0.25) is 4.98 Å². The fourth-order valence-corrected chi connectivity index (χ4v) is 21.5. The number of imidazole rings is 1. The minimum atomic E-state index is -3.23. The topological polar surface area (TPSA) is 46.6 Å². The average Bonchev–Trinajstić information content (AvgIpc) is 4.08. The van der Waals surface area contributed by atoms with Crippen LogP contribution in [0.4, 0.5) is 17.2 Å². The predicted molar refractivity (Wildman–Crippen MR) is 288 cm³/mol. The van der Waals surface area contributed by atoms with E-state index in [9.17, 15) is 0 Å². The molecule has 1 aliphatic rings. The van der Waals surface area contributed by atoms with E-state index in [1.54, 1.807) is 0 Å². The first-order valence-corrected chi connectivity index (χ1v) is 27.4. The van der Waals surface area contributed by atoms with Crippen molar-refractivity contribution in [2.75, 3.05) is 4.90 Å². The Bertz CT molecular complexity index is 4030. The zero-order valence-corrected chi connectivity index (χ0v) is 41.2. The van der Waals surface area contributed by atoms with Crippen LogP contribution in [0.5, 0.6) is 0 Å². The van der Waals surface area contributed by atoms with Gasteiger partial charge < -0.3 is 13.7 Å². The third kappa shape index (κ3) is 5.98. The van der Waals surface area contributed by atoms with E-state index in [-0.39, 0.29) is 20.4 Å². The van der Waals surface area contributed by atoms with Crippen LogP contribution in [0, 0.1) is 12.1 Å². The largest absolute Gasteiger partial charge is 2.00 e. The van der Waals surface area contributed by atoms with E-state index < -0.39 is 16.1 Å². The maximum absolute atomic E-state index is 6.78. The van der Waals surface area contributed by atoms with Gasteiger partial charge in [0.15, 0.2) is 8.07 Å². The van der Waals surface area contributed by atoms with Crippen molar-refractivity contribution in [3.63, 3.8) is 0 Å². The zero-order chi connectivity index (χ0) is 45.5. The molecule has 0 atom stereocenters. The van der Waals surface area contributed by atoms with E-state index in [1.807, 2.05) is 12.4 Å². The molecule has 1 aliphatic heterocycles. The number of fused-ring (bicyclic) bond motifs is 12. The number of rotatable bonds is 7. The second-order valence-electron chi connectivity index (χ2n) is 17.9. The molecule has 0 amide bonds. The van der Waals surface area contributed by atoms with Gasteiger partial charge in [0.2, 0.25) is 0 Å². The van der Waals surface area contributed by atoms with Crippen molar-refractivity contribution in [3.8, 4) is 0 Å². The van der Waals surface area contributed by atoms with Crippen molar-refractivity contribution in [3.05, 3.63) is 255 Å². The molecule has 8 heteroatoms. The molecule has 0 saturated heterocycles. The molecule has 13 aromatic rings. The monoisotopic (exact) mass is 1020 g/mol. The summed E-state index contributed by atoms with van der Waals surface area (Å²) in [6.07, 6.45) is 5.90. The Morgan fingerprint density at radius 2 is 1.13 bits per heavy atom. The van der Waals surface area contributed by atoms with Crippen LogP contribution in [0.25, 0.3) is 49.3 Å². The second kappa shape index (κ2) is 16.6. The number of aromatic nitrogens is 3. The molecule has 0 spiro atoms. The molecule has 5 heterocycles. The third-order valence-corrected chi connectivity index (χ3v) is 23.9. The summed E-state index contributed by atoms with van der Waals surface area (Å²) in [6.45, 7) is 0. The number of furan rings is 1. The summed E-state index contributed by atoms with van der Waals surface area (Å²) in [4.78, 5) is 12.8. The molecule has 14 rings (SSSR count). The SMILES string of the molecule is [Pd+2].[c-]1c(N2c3ccc4oc5ccccc5c4c3[Si](c3ccccc3)(c3ccccc3)c3cccnc32)cccc1[Si](c1[c-]c2c(cc1)c1ccccc1n1ccnc21)(c1ccccc1)c1ccccc1. The molecule has 332 valence electrons. The first-order chi connectivity index (χ1) is 34.2. The van der Waals surface area contributed by atoms with E-state index in [2.05, 4.69) is 252 Å². The van der Waals surface area contributed by atoms with Gasteiger partial charge in [0.1, 0.15) is 25.1 Å². The molecule has 0 aliphatic carbocycles. The third-order valence-electron chi connectivity index (χ3n) is 14.5. The van der Waals surface area contributed by atoms with Gasteiger partial charge >= 0.3 is 20.4 Å². The van der Waals surface area contributed by atoms with Crippen molar-refractivity contribution < 1.29 is 24.8 Å². The summed E-state index contributed by atoms with van der Waals surface area (Å²) in [5.74, 6) is 0.905. The fourth-order valence-electron chi connectivity index (χ4n) is 11.7. The van der Waals surface area contributed by atoms with Crippen molar-refractivity contribution >= 4 is 124 Å². The Kier molecular flexibility index (Phi) is 10.0. The van der Waals surface area contributed by atoms with E-state index in [0.717, 1.165) is 71.4 Å². The van der Waals surface area contributed by atoms with Crippen LogP contribution in [-0.4, -0.2) is 30.5 Å². The van der Waals surface area contributed by atoms with E-state index >= 15 is 0 Å². The number of hydrogen-bond donors (Lipinski definition) is 0. The predicted octanol–water partition coefficient (Wildman–Crippen LogP) is 9.07. The van der Waals surface area contributed by atoms with Gasteiger partial charge in [0.25, 0.3) is 0 Å². The summed E-state index contributed by atoms with van der Waals surface area (Å²) in [5, 5.41) is 15.3. The Morgan fingerprint density at radius 1 is 0.486 bits per heavy atom. The van der Waals surface area contributed by atoms with Crippen LogP contribution in [0.15, 0.2) is 247 Å². The van der Waals surface area contributed by atoms with Gasteiger partial charge in [-0.2, -0.15) is 23.4 Å². The quantitative estimate of drug-likeness (QED) is 0.0693. The zero-order valence-electron chi connectivity index (χ0n) is 37.6. The second-order valence-corrected chi connectivity index (χ2v) is 25.3. The van der Waals surface area contributed by atoms with Crippen LogP contribution >= 0.6 is 0 Å². The summed E-state index contributed by atoms with van der Waals surface area (Å²) in [5.41, 5.74) is 5.74. The minimum Gasteiger partial charge on any atom is -0.456 e.